The Labute approximate surface area is 51.9 Å². The topological polar surface area (TPSA) is 18.5 Å². The Kier molecular flexibility index (Phi) is 1.99. The van der Waals surface area contributed by atoms with Crippen molar-refractivity contribution in [1.82, 2.24) is 0 Å². The monoisotopic (exact) mass is 184 g/mol. The van der Waals surface area contributed by atoms with E-state index in [0.717, 1.165) is 0 Å². The van der Waals surface area contributed by atoms with Gasteiger partial charge < -0.3 is 0 Å². The van der Waals surface area contributed by atoms with Crippen molar-refractivity contribution in [3.05, 3.63) is 0 Å². The van der Waals surface area contributed by atoms with Crippen molar-refractivity contribution in [2.75, 3.05) is 6.61 Å². The van der Waals surface area contributed by atoms with Crippen molar-refractivity contribution in [2.24, 2.45) is 0 Å². The summed E-state index contributed by atoms with van der Waals surface area (Å²) in [6.07, 6.45) is 0.234. The molecule has 0 bridgehead atoms. The van der Waals surface area contributed by atoms with Gasteiger partial charge in [0.15, 0.2) is 0 Å². The third-order valence-electron chi connectivity index (χ3n) is 0.674. The molecule has 0 aromatic carbocycles. The first-order valence-corrected chi connectivity index (χ1v) is 6.04. The van der Waals surface area contributed by atoms with Gasteiger partial charge in [-0.2, -0.15) is 0 Å². The van der Waals surface area contributed by atoms with Crippen LogP contribution in [0.25, 0.3) is 0 Å². The van der Waals surface area contributed by atoms with Crippen molar-refractivity contribution >= 4 is 24.3 Å². The molecule has 42 valence electrons. The molecule has 1 heterocycles. The predicted molar refractivity (Wildman–Crippen MR) is 28.1 cm³/mol. The third kappa shape index (κ3) is 1.61. The molecule has 0 aromatic heterocycles. The minimum absolute atomic E-state index is 0.234. The van der Waals surface area contributed by atoms with Gasteiger partial charge in [-0.05, 0) is 0 Å². The van der Waals surface area contributed by atoms with Gasteiger partial charge in [0.2, 0.25) is 0 Å². The van der Waals surface area contributed by atoms with Crippen LogP contribution in [0.4, 0.5) is 0 Å². The van der Waals surface area contributed by atoms with Gasteiger partial charge in [0.25, 0.3) is 0 Å². The zero-order valence-electron chi connectivity index (χ0n) is 3.93. The van der Waals surface area contributed by atoms with Crippen LogP contribution >= 0.6 is 9.95 Å². The molecule has 1 rings (SSSR count). The third-order valence-corrected chi connectivity index (χ3v) is 3.44. The Hall–Kier alpha value is 0.768. The second-order valence-corrected chi connectivity index (χ2v) is 4.73. The summed E-state index contributed by atoms with van der Waals surface area (Å²) in [4.78, 5) is 0. The van der Waals surface area contributed by atoms with Crippen LogP contribution in [-0.4, -0.2) is 27.1 Å². The van der Waals surface area contributed by atoms with E-state index in [4.69, 9.17) is 17.4 Å². The molecule has 2 unspecified atom stereocenters. The van der Waals surface area contributed by atoms with E-state index in [-0.39, 0.29) is 6.10 Å². The van der Waals surface area contributed by atoms with E-state index in [1.165, 1.54) is 0 Å². The van der Waals surface area contributed by atoms with Gasteiger partial charge in [-0.15, -0.1) is 0 Å². The standard InChI is InChI=1S/C3H6AsClO2/c1-3-2-6-4(5)7-3/h3H,2H2,1H3. The Morgan fingerprint density at radius 1 is 1.86 bits per heavy atom. The molecule has 0 N–H and O–H groups in total. The number of halogens is 1. The molecule has 0 aliphatic carbocycles. The molecule has 0 amide bonds. The maximum atomic E-state index is 5.51. The SMILES string of the molecule is CC1CO[As](Cl)O1. The van der Waals surface area contributed by atoms with E-state index in [1.54, 1.807) is 0 Å². The molecule has 0 aromatic rings. The molecule has 2 nitrogen and oxygen atoms in total. The van der Waals surface area contributed by atoms with E-state index in [2.05, 4.69) is 0 Å². The molecule has 0 spiro atoms. The second-order valence-electron chi connectivity index (χ2n) is 1.42. The summed E-state index contributed by atoms with van der Waals surface area (Å²) < 4.78 is 10.0. The summed E-state index contributed by atoms with van der Waals surface area (Å²) in [5.74, 6) is 0. The van der Waals surface area contributed by atoms with Crippen molar-refractivity contribution in [2.45, 2.75) is 13.0 Å². The molecule has 1 saturated heterocycles. The van der Waals surface area contributed by atoms with E-state index in [1.807, 2.05) is 6.92 Å². The first kappa shape index (κ1) is 5.90. The zero-order chi connectivity index (χ0) is 5.28. The van der Waals surface area contributed by atoms with Gasteiger partial charge in [0, 0.05) is 0 Å². The van der Waals surface area contributed by atoms with Gasteiger partial charge in [-0.25, -0.2) is 0 Å². The van der Waals surface area contributed by atoms with Crippen LogP contribution in [0.2, 0.25) is 0 Å². The van der Waals surface area contributed by atoms with Gasteiger partial charge in [0.05, 0.1) is 0 Å². The predicted octanol–water partition coefficient (Wildman–Crippen LogP) is 0.645. The Morgan fingerprint density at radius 2 is 2.57 bits per heavy atom. The first-order chi connectivity index (χ1) is 3.29. The van der Waals surface area contributed by atoms with Gasteiger partial charge in [0.1, 0.15) is 0 Å². The fourth-order valence-corrected chi connectivity index (χ4v) is 2.90. The van der Waals surface area contributed by atoms with Crippen molar-refractivity contribution < 1.29 is 7.45 Å². The molecular formula is C3H6AsClO2. The van der Waals surface area contributed by atoms with Crippen LogP contribution < -0.4 is 0 Å². The van der Waals surface area contributed by atoms with Crippen molar-refractivity contribution in [1.29, 1.82) is 0 Å². The summed E-state index contributed by atoms with van der Waals surface area (Å²) in [5, 5.41) is 0. The minimum atomic E-state index is -1.69. The fraction of sp³-hybridized carbons (Fsp3) is 1.00. The number of hydrogen-bond acceptors (Lipinski definition) is 2. The second kappa shape index (κ2) is 2.36. The zero-order valence-corrected chi connectivity index (χ0v) is 6.56. The van der Waals surface area contributed by atoms with E-state index in [0.29, 0.717) is 6.61 Å². The van der Waals surface area contributed by atoms with Crippen LogP contribution in [-0.2, 0) is 7.45 Å². The number of hydrogen-bond donors (Lipinski definition) is 0. The van der Waals surface area contributed by atoms with E-state index >= 15 is 0 Å². The van der Waals surface area contributed by atoms with Crippen LogP contribution in [0.3, 0.4) is 0 Å². The molecular weight excluding hydrogens is 178 g/mol. The van der Waals surface area contributed by atoms with Crippen LogP contribution in [0, 0.1) is 0 Å². The summed E-state index contributed by atoms with van der Waals surface area (Å²) in [5.41, 5.74) is 0. The molecule has 1 fully saturated rings. The molecule has 1 aliphatic rings. The Morgan fingerprint density at radius 3 is 2.71 bits per heavy atom. The van der Waals surface area contributed by atoms with Crippen molar-refractivity contribution in [3.8, 4) is 0 Å². The van der Waals surface area contributed by atoms with Crippen LogP contribution in [0.1, 0.15) is 6.92 Å². The van der Waals surface area contributed by atoms with Gasteiger partial charge in [-0.1, -0.05) is 0 Å². The first-order valence-electron chi connectivity index (χ1n) is 2.04. The van der Waals surface area contributed by atoms with Crippen LogP contribution in [0.5, 0.6) is 0 Å². The molecule has 2 atom stereocenters. The molecule has 1 aliphatic heterocycles. The molecule has 0 saturated carbocycles. The van der Waals surface area contributed by atoms with E-state index in [9.17, 15) is 0 Å². The fourth-order valence-electron chi connectivity index (χ4n) is 0.366. The summed E-state index contributed by atoms with van der Waals surface area (Å²) in [7, 11) is 5.51. The Bertz CT molecular complexity index is 62.0. The average Bonchev–Trinajstić information content (AvgIpc) is 1.87. The summed E-state index contributed by atoms with van der Waals surface area (Å²) >= 11 is -1.69. The number of rotatable bonds is 0. The maximum absolute atomic E-state index is 5.51. The summed E-state index contributed by atoms with van der Waals surface area (Å²) in [6, 6.07) is 0. The molecule has 4 heteroatoms. The quantitative estimate of drug-likeness (QED) is 0.515. The van der Waals surface area contributed by atoms with Gasteiger partial charge >= 0.3 is 51.4 Å². The average molecular weight is 184 g/mol. The molecule has 7 heavy (non-hydrogen) atoms. The Balaban J connectivity index is 2.26. The van der Waals surface area contributed by atoms with Gasteiger partial charge in [-0.3, -0.25) is 0 Å². The van der Waals surface area contributed by atoms with Crippen molar-refractivity contribution in [3.63, 3.8) is 0 Å². The summed E-state index contributed by atoms with van der Waals surface area (Å²) in [6.45, 7) is 2.64. The van der Waals surface area contributed by atoms with E-state index < -0.39 is 14.4 Å². The van der Waals surface area contributed by atoms with Crippen LogP contribution in [0.15, 0.2) is 0 Å². The normalized spacial score (nSPS) is 42.0. The molecule has 0 radical (unpaired) electrons.